The van der Waals surface area contributed by atoms with Crippen LogP contribution in [0.15, 0.2) is 30.3 Å². The molecule has 0 aromatic heterocycles. The lowest BCUT2D eigenvalue weighted by molar-refractivity contribution is -0.137. The maximum atomic E-state index is 11.2. The second-order valence-corrected chi connectivity index (χ2v) is 3.09. The first-order chi connectivity index (χ1) is 7.74. The number of rotatable bonds is 6. The first-order valence-corrected chi connectivity index (χ1v) is 4.76. The van der Waals surface area contributed by atoms with Gasteiger partial charge in [0.1, 0.15) is 0 Å². The molecule has 1 aromatic carbocycles. The van der Waals surface area contributed by atoms with Gasteiger partial charge in [0.25, 0.3) is 5.91 Å². The average Bonchev–Trinajstić information content (AvgIpc) is 2.34. The van der Waals surface area contributed by atoms with Gasteiger partial charge in [-0.1, -0.05) is 30.3 Å². The second kappa shape index (κ2) is 6.34. The van der Waals surface area contributed by atoms with Crippen molar-refractivity contribution in [2.45, 2.75) is 6.54 Å². The first-order valence-electron chi connectivity index (χ1n) is 4.76. The average molecular weight is 220 g/mol. The Hall–Kier alpha value is -2.17. The molecule has 0 saturated carbocycles. The number of ketones is 1. The highest BCUT2D eigenvalue weighted by Gasteiger charge is 2.11. The monoisotopic (exact) mass is 220 g/mol. The zero-order valence-corrected chi connectivity index (χ0v) is 8.60. The van der Waals surface area contributed by atoms with Crippen molar-refractivity contribution in [2.24, 2.45) is 0 Å². The topological polar surface area (TPSA) is 75.3 Å². The van der Waals surface area contributed by atoms with E-state index in [0.717, 1.165) is 5.56 Å². The predicted molar refractivity (Wildman–Crippen MR) is 57.4 cm³/mol. The number of carbonyl (C=O) groups is 3. The van der Waals surface area contributed by atoms with E-state index in [4.69, 9.17) is 0 Å². The fourth-order valence-electron chi connectivity index (χ4n) is 1.09. The Morgan fingerprint density at radius 3 is 2.50 bits per heavy atom. The van der Waals surface area contributed by atoms with E-state index < -0.39 is 11.7 Å². The summed E-state index contributed by atoms with van der Waals surface area (Å²) in [6.45, 7) is 0.0244. The second-order valence-electron chi connectivity index (χ2n) is 3.09. The molecule has 0 bridgehead atoms. The Balaban J connectivity index is 2.35. The van der Waals surface area contributed by atoms with Gasteiger partial charge in [0.2, 0.25) is 12.2 Å². The minimum absolute atomic E-state index is 0.274. The zero-order valence-electron chi connectivity index (χ0n) is 8.60. The summed E-state index contributed by atoms with van der Waals surface area (Å²) >= 11 is 0. The molecule has 1 aromatic rings. The van der Waals surface area contributed by atoms with Crippen LogP contribution in [0.25, 0.3) is 0 Å². The van der Waals surface area contributed by atoms with Crippen LogP contribution in [-0.4, -0.2) is 24.6 Å². The molecule has 0 heterocycles. The van der Waals surface area contributed by atoms with E-state index in [1.807, 2.05) is 30.3 Å². The normalized spacial score (nSPS) is 9.25. The minimum atomic E-state index is -0.696. The van der Waals surface area contributed by atoms with Crippen molar-refractivity contribution >= 4 is 18.1 Å². The highest BCUT2D eigenvalue weighted by molar-refractivity contribution is 6.37. The van der Waals surface area contributed by atoms with E-state index in [-0.39, 0.29) is 6.54 Å². The van der Waals surface area contributed by atoms with Crippen molar-refractivity contribution in [3.05, 3.63) is 35.9 Å². The quantitative estimate of drug-likeness (QED) is 0.507. The Morgan fingerprint density at radius 1 is 1.19 bits per heavy atom. The van der Waals surface area contributed by atoms with Crippen LogP contribution in [0, 0.1) is 0 Å². The van der Waals surface area contributed by atoms with Gasteiger partial charge in [0.05, 0.1) is 6.54 Å². The molecule has 5 nitrogen and oxygen atoms in total. The first kappa shape index (κ1) is 11.9. The van der Waals surface area contributed by atoms with E-state index >= 15 is 0 Å². The summed E-state index contributed by atoms with van der Waals surface area (Å²) in [6, 6.07) is 9.24. The molecule has 1 rings (SSSR count). The number of Topliss-reactive ketones (excluding diaryl/α,β-unsaturated/α-hetero) is 1. The number of hydrogen-bond acceptors (Lipinski definition) is 3. The third-order valence-corrected chi connectivity index (χ3v) is 1.90. The van der Waals surface area contributed by atoms with Gasteiger partial charge in [-0.2, -0.15) is 0 Å². The van der Waals surface area contributed by atoms with Crippen LogP contribution in [0.2, 0.25) is 0 Å². The van der Waals surface area contributed by atoms with E-state index in [2.05, 4.69) is 10.6 Å². The summed E-state index contributed by atoms with van der Waals surface area (Å²) in [6.07, 6.45) is 0.377. The molecule has 0 aliphatic carbocycles. The highest BCUT2D eigenvalue weighted by atomic mass is 16.2. The standard InChI is InChI=1S/C11H12N2O3/c14-8-12-7-10(15)11(16)13-6-9-4-2-1-3-5-9/h1-5,8H,6-7H2,(H,12,14)(H,13,16). The lowest BCUT2D eigenvalue weighted by Gasteiger charge is -2.03. The summed E-state index contributed by atoms with van der Waals surface area (Å²) in [7, 11) is 0. The van der Waals surface area contributed by atoms with Crippen molar-refractivity contribution in [3.8, 4) is 0 Å². The molecule has 0 spiro atoms. The van der Waals surface area contributed by atoms with Gasteiger partial charge in [0.15, 0.2) is 0 Å². The minimum Gasteiger partial charge on any atom is -0.351 e. The van der Waals surface area contributed by atoms with Crippen molar-refractivity contribution < 1.29 is 14.4 Å². The molecular formula is C11H12N2O3. The molecule has 2 N–H and O–H groups in total. The van der Waals surface area contributed by atoms with Crippen LogP contribution in [-0.2, 0) is 20.9 Å². The van der Waals surface area contributed by atoms with Crippen LogP contribution in [0.5, 0.6) is 0 Å². The Morgan fingerprint density at radius 2 is 1.88 bits per heavy atom. The van der Waals surface area contributed by atoms with Crippen LogP contribution in [0.4, 0.5) is 0 Å². The van der Waals surface area contributed by atoms with E-state index in [1.54, 1.807) is 0 Å². The zero-order chi connectivity index (χ0) is 11.8. The Kier molecular flexibility index (Phi) is 4.72. The molecule has 0 unspecified atom stereocenters. The lowest BCUT2D eigenvalue weighted by Crippen LogP contribution is -2.36. The third-order valence-electron chi connectivity index (χ3n) is 1.90. The molecule has 0 atom stereocenters. The van der Waals surface area contributed by atoms with Crippen LogP contribution >= 0.6 is 0 Å². The van der Waals surface area contributed by atoms with Crippen molar-refractivity contribution in [1.29, 1.82) is 0 Å². The molecule has 0 aliphatic heterocycles. The summed E-state index contributed by atoms with van der Waals surface area (Å²) in [5.41, 5.74) is 0.909. The molecule has 0 fully saturated rings. The van der Waals surface area contributed by atoms with Crippen molar-refractivity contribution in [2.75, 3.05) is 6.54 Å². The van der Waals surface area contributed by atoms with E-state index in [1.165, 1.54) is 0 Å². The largest absolute Gasteiger partial charge is 0.351 e. The van der Waals surface area contributed by atoms with Crippen LogP contribution < -0.4 is 10.6 Å². The Labute approximate surface area is 92.8 Å². The molecule has 84 valence electrons. The summed E-state index contributed by atoms with van der Waals surface area (Å²) in [5.74, 6) is -1.36. The van der Waals surface area contributed by atoms with Gasteiger partial charge < -0.3 is 10.6 Å². The van der Waals surface area contributed by atoms with Gasteiger partial charge >= 0.3 is 0 Å². The van der Waals surface area contributed by atoms with Gasteiger partial charge in [-0.05, 0) is 5.56 Å². The molecule has 0 aliphatic rings. The molecule has 5 heteroatoms. The number of carbonyl (C=O) groups excluding carboxylic acids is 3. The fraction of sp³-hybridized carbons (Fsp3) is 0.182. The van der Waals surface area contributed by atoms with Crippen LogP contribution in [0.3, 0.4) is 0 Å². The predicted octanol–water partition coefficient (Wildman–Crippen LogP) is -0.382. The molecule has 0 radical (unpaired) electrons. The summed E-state index contributed by atoms with van der Waals surface area (Å²) < 4.78 is 0. The van der Waals surface area contributed by atoms with Gasteiger partial charge in [0, 0.05) is 6.54 Å². The maximum absolute atomic E-state index is 11.2. The lowest BCUT2D eigenvalue weighted by atomic mass is 10.2. The van der Waals surface area contributed by atoms with E-state index in [0.29, 0.717) is 13.0 Å². The maximum Gasteiger partial charge on any atom is 0.289 e. The van der Waals surface area contributed by atoms with Crippen LogP contribution in [0.1, 0.15) is 5.56 Å². The van der Waals surface area contributed by atoms with Gasteiger partial charge in [-0.25, -0.2) is 0 Å². The summed E-state index contributed by atoms with van der Waals surface area (Å²) in [4.78, 5) is 32.2. The smallest absolute Gasteiger partial charge is 0.289 e. The number of benzene rings is 1. The highest BCUT2D eigenvalue weighted by Crippen LogP contribution is 1.96. The number of hydrogen-bond donors (Lipinski definition) is 2. The molecule has 2 amide bonds. The van der Waals surface area contributed by atoms with Crippen molar-refractivity contribution in [3.63, 3.8) is 0 Å². The van der Waals surface area contributed by atoms with Crippen molar-refractivity contribution in [1.82, 2.24) is 10.6 Å². The molecule has 16 heavy (non-hydrogen) atoms. The number of amides is 2. The molecular weight excluding hydrogens is 208 g/mol. The van der Waals surface area contributed by atoms with Gasteiger partial charge in [-0.15, -0.1) is 0 Å². The number of nitrogens with one attached hydrogen (secondary N) is 2. The van der Waals surface area contributed by atoms with Gasteiger partial charge in [-0.3, -0.25) is 14.4 Å². The molecule has 0 saturated heterocycles. The summed E-state index contributed by atoms with van der Waals surface area (Å²) in [5, 5.41) is 4.60. The Bertz CT molecular complexity index is 376. The third kappa shape index (κ3) is 3.91. The SMILES string of the molecule is O=CNCC(=O)C(=O)NCc1ccccc1. The van der Waals surface area contributed by atoms with E-state index in [9.17, 15) is 14.4 Å². The fourth-order valence-corrected chi connectivity index (χ4v) is 1.09.